The molecule has 1 fully saturated rings. The molecule has 1 aliphatic rings. The molecule has 0 aliphatic carbocycles. The molecule has 1 rings (SSSR count). The number of Topliss-reactive ketones (excluding diaryl/α,β-unsaturated/α-hetero) is 1. The first kappa shape index (κ1) is 5.81. The lowest BCUT2D eigenvalue weighted by molar-refractivity contribution is -0.133. The predicted octanol–water partition coefficient (Wildman–Crippen LogP) is -0.873. The molecular formula is C5H5NO3. The molecule has 1 saturated heterocycles. The van der Waals surface area contributed by atoms with Crippen LogP contribution in [0.4, 0.5) is 0 Å². The van der Waals surface area contributed by atoms with E-state index >= 15 is 0 Å². The monoisotopic (exact) mass is 127 g/mol. The molecule has 0 saturated carbocycles. The van der Waals surface area contributed by atoms with E-state index in [1.807, 2.05) is 0 Å². The van der Waals surface area contributed by atoms with Crippen LogP contribution in [-0.4, -0.2) is 23.3 Å². The topological polar surface area (TPSA) is 66.4 Å². The number of hydrogen-bond acceptors (Lipinski definition) is 3. The van der Waals surface area contributed by atoms with Gasteiger partial charge in [0.15, 0.2) is 0 Å². The highest BCUT2D eigenvalue weighted by Gasteiger charge is 2.25. The van der Waals surface area contributed by atoms with Gasteiger partial charge in [-0.15, -0.1) is 0 Å². The van der Waals surface area contributed by atoms with Gasteiger partial charge in [0.2, 0.25) is 0 Å². The van der Waals surface area contributed by atoms with Crippen molar-refractivity contribution in [2.24, 2.45) is 0 Å². The van der Waals surface area contributed by atoms with Crippen LogP contribution < -0.4 is 5.32 Å². The maximum atomic E-state index is 10.5. The maximum Gasteiger partial charge on any atom is 0.292 e. The molecule has 4 nitrogen and oxygen atoms in total. The molecule has 0 atom stereocenters. The number of rotatable bonds is 0. The second-order valence-corrected chi connectivity index (χ2v) is 1.67. The largest absolute Gasteiger partial charge is 0.515 e. The van der Waals surface area contributed by atoms with Gasteiger partial charge in [-0.05, 0) is 0 Å². The second kappa shape index (κ2) is 1.89. The molecule has 0 aromatic heterocycles. The van der Waals surface area contributed by atoms with Crippen LogP contribution >= 0.6 is 0 Å². The van der Waals surface area contributed by atoms with E-state index in [-0.39, 0.29) is 12.1 Å². The molecular weight excluding hydrogens is 122 g/mol. The van der Waals surface area contributed by atoms with Crippen molar-refractivity contribution in [2.45, 2.75) is 0 Å². The Labute approximate surface area is 51.2 Å². The molecule has 1 aliphatic heterocycles. The first-order chi connectivity index (χ1) is 4.25. The predicted molar refractivity (Wildman–Crippen MR) is 28.7 cm³/mol. The second-order valence-electron chi connectivity index (χ2n) is 1.67. The first-order valence-corrected chi connectivity index (χ1v) is 2.41. The zero-order valence-electron chi connectivity index (χ0n) is 4.55. The molecule has 1 heterocycles. The molecule has 0 radical (unpaired) electrons. The summed E-state index contributed by atoms with van der Waals surface area (Å²) in [5.41, 5.74) is 0.125. The van der Waals surface area contributed by atoms with Gasteiger partial charge in [0, 0.05) is 0 Å². The zero-order valence-corrected chi connectivity index (χ0v) is 4.55. The van der Waals surface area contributed by atoms with Crippen LogP contribution in [-0.2, 0) is 9.59 Å². The fourth-order valence-electron chi connectivity index (χ4n) is 0.586. The van der Waals surface area contributed by atoms with E-state index < -0.39 is 11.7 Å². The minimum absolute atomic E-state index is 0.125. The Bertz CT molecular complexity index is 194. The van der Waals surface area contributed by atoms with Gasteiger partial charge in [-0.3, -0.25) is 9.59 Å². The molecule has 48 valence electrons. The minimum Gasteiger partial charge on any atom is -0.515 e. The standard InChI is InChI=1S/C5H5NO3/c7-2-3-1-6-5(9)4(3)8/h2,7H,1H2,(H,6,9). The summed E-state index contributed by atoms with van der Waals surface area (Å²) in [5.74, 6) is -1.28. The van der Waals surface area contributed by atoms with Crippen LogP contribution in [0.1, 0.15) is 0 Å². The van der Waals surface area contributed by atoms with Crippen LogP contribution in [0.15, 0.2) is 11.8 Å². The first-order valence-electron chi connectivity index (χ1n) is 2.41. The summed E-state index contributed by atoms with van der Waals surface area (Å²) >= 11 is 0. The SMILES string of the molecule is O=C1NCC(=CO)C1=O. The summed E-state index contributed by atoms with van der Waals surface area (Å²) in [6, 6.07) is 0. The summed E-state index contributed by atoms with van der Waals surface area (Å²) in [6.45, 7) is 0.147. The van der Waals surface area contributed by atoms with Gasteiger partial charge in [0.25, 0.3) is 11.7 Å². The smallest absolute Gasteiger partial charge is 0.292 e. The van der Waals surface area contributed by atoms with Gasteiger partial charge in [0.1, 0.15) is 0 Å². The molecule has 2 N–H and O–H groups in total. The lowest BCUT2D eigenvalue weighted by Gasteiger charge is -1.81. The summed E-state index contributed by atoms with van der Waals surface area (Å²) in [7, 11) is 0. The van der Waals surface area contributed by atoms with E-state index in [1.165, 1.54) is 0 Å². The van der Waals surface area contributed by atoms with E-state index in [2.05, 4.69) is 5.32 Å². The van der Waals surface area contributed by atoms with Crippen LogP contribution in [0.5, 0.6) is 0 Å². The fourth-order valence-corrected chi connectivity index (χ4v) is 0.586. The number of aliphatic hydroxyl groups excluding tert-OH is 1. The van der Waals surface area contributed by atoms with Crippen molar-refractivity contribution in [3.05, 3.63) is 11.8 Å². The molecule has 9 heavy (non-hydrogen) atoms. The van der Waals surface area contributed by atoms with Gasteiger partial charge in [-0.2, -0.15) is 0 Å². The Hall–Kier alpha value is -1.32. The van der Waals surface area contributed by atoms with E-state index in [9.17, 15) is 9.59 Å². The lowest BCUT2D eigenvalue weighted by Crippen LogP contribution is -2.18. The third-order valence-corrected chi connectivity index (χ3v) is 1.09. The minimum atomic E-state index is -0.643. The van der Waals surface area contributed by atoms with Crippen molar-refractivity contribution in [2.75, 3.05) is 6.54 Å². The van der Waals surface area contributed by atoms with Crippen LogP contribution in [0.2, 0.25) is 0 Å². The molecule has 1 amide bonds. The summed E-state index contributed by atoms with van der Waals surface area (Å²) in [6.07, 6.45) is 0.653. The fraction of sp³-hybridized carbons (Fsp3) is 0.200. The van der Waals surface area contributed by atoms with Crippen LogP contribution in [0.3, 0.4) is 0 Å². The number of carbonyl (C=O) groups is 2. The number of hydrogen-bond donors (Lipinski definition) is 2. The lowest BCUT2D eigenvalue weighted by atomic mass is 10.2. The van der Waals surface area contributed by atoms with E-state index in [0.29, 0.717) is 6.26 Å². The van der Waals surface area contributed by atoms with Gasteiger partial charge < -0.3 is 10.4 Å². The normalized spacial score (nSPS) is 22.9. The Morgan fingerprint density at radius 2 is 2.22 bits per heavy atom. The third-order valence-electron chi connectivity index (χ3n) is 1.09. The summed E-state index contributed by atoms with van der Waals surface area (Å²) in [5, 5.41) is 10.5. The van der Waals surface area contributed by atoms with Crippen molar-refractivity contribution in [3.8, 4) is 0 Å². The van der Waals surface area contributed by atoms with Gasteiger partial charge in [-0.25, -0.2) is 0 Å². The van der Waals surface area contributed by atoms with Gasteiger partial charge in [-0.1, -0.05) is 0 Å². The Morgan fingerprint density at radius 3 is 2.44 bits per heavy atom. The highest BCUT2D eigenvalue weighted by molar-refractivity contribution is 6.45. The summed E-state index contributed by atoms with van der Waals surface area (Å²) < 4.78 is 0. The number of amides is 1. The third kappa shape index (κ3) is 0.782. The maximum absolute atomic E-state index is 10.5. The van der Waals surface area contributed by atoms with E-state index in [0.717, 1.165) is 0 Å². The number of ketones is 1. The number of carbonyl (C=O) groups excluding carboxylic acids is 2. The van der Waals surface area contributed by atoms with Crippen molar-refractivity contribution in [3.63, 3.8) is 0 Å². The zero-order chi connectivity index (χ0) is 6.85. The average molecular weight is 127 g/mol. The molecule has 0 aromatic carbocycles. The highest BCUT2D eigenvalue weighted by atomic mass is 16.2. The molecule has 0 unspecified atom stereocenters. The quantitative estimate of drug-likeness (QED) is 0.252. The number of nitrogens with one attached hydrogen (secondary N) is 1. The highest BCUT2D eigenvalue weighted by Crippen LogP contribution is 1.99. The average Bonchev–Trinajstić information content (AvgIpc) is 2.15. The van der Waals surface area contributed by atoms with Crippen molar-refractivity contribution < 1.29 is 14.7 Å². The Kier molecular flexibility index (Phi) is 1.22. The van der Waals surface area contributed by atoms with Crippen LogP contribution in [0.25, 0.3) is 0 Å². The number of aliphatic hydroxyl groups is 1. The molecule has 0 spiro atoms. The Balaban J connectivity index is 2.86. The molecule has 4 heteroatoms. The van der Waals surface area contributed by atoms with E-state index in [4.69, 9.17) is 5.11 Å². The van der Waals surface area contributed by atoms with Crippen molar-refractivity contribution in [1.82, 2.24) is 5.32 Å². The van der Waals surface area contributed by atoms with E-state index in [1.54, 1.807) is 0 Å². The van der Waals surface area contributed by atoms with Crippen molar-refractivity contribution in [1.29, 1.82) is 0 Å². The van der Waals surface area contributed by atoms with Gasteiger partial charge in [0.05, 0.1) is 18.4 Å². The van der Waals surface area contributed by atoms with Crippen LogP contribution in [0, 0.1) is 0 Å². The molecule has 0 bridgehead atoms. The summed E-state index contributed by atoms with van der Waals surface area (Å²) in [4.78, 5) is 20.8. The van der Waals surface area contributed by atoms with Crippen molar-refractivity contribution >= 4 is 11.7 Å². The molecule has 0 aromatic rings. The Morgan fingerprint density at radius 1 is 1.56 bits per heavy atom. The van der Waals surface area contributed by atoms with Gasteiger partial charge >= 0.3 is 0 Å².